The highest BCUT2D eigenvalue weighted by Gasteiger charge is 2.28. The first kappa shape index (κ1) is 24.1. The fraction of sp³-hybridized carbons (Fsp3) is 0.842. The second kappa shape index (κ2) is 12.5. The van der Waals surface area contributed by atoms with Crippen LogP contribution in [0.2, 0.25) is 0 Å². The molecule has 27 heavy (non-hydrogen) atoms. The lowest BCUT2D eigenvalue weighted by molar-refractivity contribution is -0.154. The number of carbonyl (C=O) groups is 1. The predicted octanol–water partition coefficient (Wildman–Crippen LogP) is 2.67. The van der Waals surface area contributed by atoms with Crippen LogP contribution in [0, 0.1) is 5.92 Å². The van der Waals surface area contributed by atoms with E-state index < -0.39 is 27.9 Å². The zero-order valence-corrected chi connectivity index (χ0v) is 17.5. The summed E-state index contributed by atoms with van der Waals surface area (Å²) in [5.41, 5.74) is 0.895. The standard InChI is InChI=1S/C19H35NO6S/c1-4-5-6-7-8-17(13-16(2)3)19(21)26-18(15-27(22,23)24)14-20-9-11-25-12-10-20/h17-18H,2,4-15H2,1,3H3,(H,22,23,24). The van der Waals surface area contributed by atoms with E-state index in [9.17, 15) is 17.8 Å². The summed E-state index contributed by atoms with van der Waals surface area (Å²) in [6.07, 6.45) is 4.55. The van der Waals surface area contributed by atoms with E-state index in [4.69, 9.17) is 9.47 Å². The van der Waals surface area contributed by atoms with Crippen LogP contribution in [0.3, 0.4) is 0 Å². The number of hydrogen-bond acceptors (Lipinski definition) is 6. The first-order valence-electron chi connectivity index (χ1n) is 9.81. The molecule has 0 spiro atoms. The molecular weight excluding hydrogens is 370 g/mol. The second-order valence-corrected chi connectivity index (χ2v) is 8.93. The number of esters is 1. The Morgan fingerprint density at radius 2 is 1.93 bits per heavy atom. The van der Waals surface area contributed by atoms with Gasteiger partial charge in [0.05, 0.1) is 19.1 Å². The van der Waals surface area contributed by atoms with E-state index in [2.05, 4.69) is 13.5 Å². The summed E-state index contributed by atoms with van der Waals surface area (Å²) in [6, 6.07) is 0. The molecule has 8 heteroatoms. The van der Waals surface area contributed by atoms with Crippen molar-refractivity contribution < 1.29 is 27.2 Å². The molecule has 7 nitrogen and oxygen atoms in total. The van der Waals surface area contributed by atoms with E-state index in [0.29, 0.717) is 39.1 Å². The van der Waals surface area contributed by atoms with Gasteiger partial charge in [0, 0.05) is 19.6 Å². The van der Waals surface area contributed by atoms with Gasteiger partial charge in [0.2, 0.25) is 0 Å². The molecular formula is C19H35NO6S. The van der Waals surface area contributed by atoms with Crippen molar-refractivity contribution >= 4 is 16.1 Å². The molecule has 1 saturated heterocycles. The number of unbranched alkanes of at least 4 members (excludes halogenated alkanes) is 3. The third-order valence-corrected chi connectivity index (χ3v) is 5.37. The van der Waals surface area contributed by atoms with Crippen molar-refractivity contribution in [2.24, 2.45) is 5.92 Å². The molecule has 0 radical (unpaired) electrons. The Bertz CT molecular complexity index is 557. The SMILES string of the molecule is C=C(C)CC(CCCCCC)C(=O)OC(CN1CCOCC1)CS(=O)(=O)O. The lowest BCUT2D eigenvalue weighted by Gasteiger charge is -2.30. The lowest BCUT2D eigenvalue weighted by Crippen LogP contribution is -2.44. The number of allylic oxidation sites excluding steroid dienone is 1. The van der Waals surface area contributed by atoms with Crippen LogP contribution in [-0.4, -0.2) is 68.5 Å². The molecule has 0 aromatic rings. The summed E-state index contributed by atoms with van der Waals surface area (Å²) >= 11 is 0. The predicted molar refractivity (Wildman–Crippen MR) is 105 cm³/mol. The number of nitrogens with zero attached hydrogens (tertiary/aromatic N) is 1. The minimum Gasteiger partial charge on any atom is -0.460 e. The number of rotatable bonds is 13. The number of ether oxygens (including phenoxy) is 2. The van der Waals surface area contributed by atoms with E-state index in [1.54, 1.807) is 0 Å². The molecule has 2 unspecified atom stereocenters. The van der Waals surface area contributed by atoms with Gasteiger partial charge in [-0.05, 0) is 19.8 Å². The fourth-order valence-electron chi connectivity index (χ4n) is 3.23. The summed E-state index contributed by atoms with van der Waals surface area (Å²) in [5.74, 6) is -1.32. The molecule has 2 atom stereocenters. The molecule has 1 N–H and O–H groups in total. The molecule has 1 heterocycles. The van der Waals surface area contributed by atoms with Crippen molar-refractivity contribution in [1.29, 1.82) is 0 Å². The molecule has 1 fully saturated rings. The Morgan fingerprint density at radius 1 is 1.26 bits per heavy atom. The molecule has 0 aromatic heterocycles. The van der Waals surface area contributed by atoms with Gasteiger partial charge in [-0.1, -0.05) is 38.2 Å². The molecule has 1 aliphatic heterocycles. The summed E-state index contributed by atoms with van der Waals surface area (Å²) in [7, 11) is -4.25. The van der Waals surface area contributed by atoms with Crippen LogP contribution in [0.15, 0.2) is 12.2 Å². The van der Waals surface area contributed by atoms with E-state index in [0.717, 1.165) is 31.3 Å². The number of carbonyl (C=O) groups excluding carboxylic acids is 1. The number of hydrogen-bond donors (Lipinski definition) is 1. The summed E-state index contributed by atoms with van der Waals surface area (Å²) in [6.45, 7) is 10.6. The average molecular weight is 406 g/mol. The normalized spacial score (nSPS) is 18.0. The van der Waals surface area contributed by atoms with Crippen molar-refractivity contribution in [1.82, 2.24) is 4.90 Å². The molecule has 0 saturated carbocycles. The summed E-state index contributed by atoms with van der Waals surface area (Å²) in [5, 5.41) is 0. The molecule has 0 amide bonds. The molecule has 0 bridgehead atoms. The monoisotopic (exact) mass is 405 g/mol. The topological polar surface area (TPSA) is 93.1 Å². The first-order valence-corrected chi connectivity index (χ1v) is 11.4. The van der Waals surface area contributed by atoms with Crippen LogP contribution in [0.4, 0.5) is 0 Å². The van der Waals surface area contributed by atoms with Gasteiger partial charge in [-0.15, -0.1) is 6.58 Å². The van der Waals surface area contributed by atoms with E-state index in [1.165, 1.54) is 0 Å². The van der Waals surface area contributed by atoms with Crippen LogP contribution in [0.1, 0.15) is 52.4 Å². The maximum Gasteiger partial charge on any atom is 0.309 e. The highest BCUT2D eigenvalue weighted by atomic mass is 32.2. The van der Waals surface area contributed by atoms with Crippen LogP contribution < -0.4 is 0 Å². The van der Waals surface area contributed by atoms with Gasteiger partial charge in [0.1, 0.15) is 11.9 Å². The Hall–Kier alpha value is -0.960. The van der Waals surface area contributed by atoms with Crippen LogP contribution in [0.25, 0.3) is 0 Å². The molecule has 0 aliphatic carbocycles. The Morgan fingerprint density at radius 3 is 2.48 bits per heavy atom. The minimum atomic E-state index is -4.25. The highest BCUT2D eigenvalue weighted by Crippen LogP contribution is 2.21. The van der Waals surface area contributed by atoms with Crippen molar-refractivity contribution in [3.8, 4) is 0 Å². The maximum atomic E-state index is 12.7. The lowest BCUT2D eigenvalue weighted by atomic mass is 9.94. The summed E-state index contributed by atoms with van der Waals surface area (Å²) in [4.78, 5) is 14.7. The zero-order valence-electron chi connectivity index (χ0n) is 16.7. The van der Waals surface area contributed by atoms with Gasteiger partial charge >= 0.3 is 5.97 Å². The van der Waals surface area contributed by atoms with Gasteiger partial charge in [-0.25, -0.2) is 0 Å². The second-order valence-electron chi connectivity index (χ2n) is 7.43. The quantitative estimate of drug-likeness (QED) is 0.218. The van der Waals surface area contributed by atoms with Crippen molar-refractivity contribution in [3.05, 3.63) is 12.2 Å². The van der Waals surface area contributed by atoms with E-state index >= 15 is 0 Å². The van der Waals surface area contributed by atoms with Gasteiger partial charge in [-0.3, -0.25) is 14.2 Å². The maximum absolute atomic E-state index is 12.7. The smallest absolute Gasteiger partial charge is 0.309 e. The minimum absolute atomic E-state index is 0.268. The Kier molecular flexibility index (Phi) is 11.1. The molecule has 1 rings (SSSR count). The van der Waals surface area contributed by atoms with Crippen LogP contribution in [0.5, 0.6) is 0 Å². The molecule has 158 valence electrons. The van der Waals surface area contributed by atoms with Gasteiger partial charge in [0.15, 0.2) is 0 Å². The fourth-order valence-corrected chi connectivity index (χ4v) is 3.88. The molecule has 0 aromatic carbocycles. The van der Waals surface area contributed by atoms with Gasteiger partial charge in [-0.2, -0.15) is 8.42 Å². The van der Waals surface area contributed by atoms with Crippen molar-refractivity contribution in [2.75, 3.05) is 38.6 Å². The Balaban J connectivity index is 2.71. The molecule has 1 aliphatic rings. The van der Waals surface area contributed by atoms with Crippen LogP contribution in [-0.2, 0) is 24.4 Å². The Labute approximate surface area is 163 Å². The third-order valence-electron chi connectivity index (χ3n) is 4.58. The third kappa shape index (κ3) is 11.5. The van der Waals surface area contributed by atoms with E-state index in [1.807, 2.05) is 11.8 Å². The van der Waals surface area contributed by atoms with Crippen LogP contribution >= 0.6 is 0 Å². The largest absolute Gasteiger partial charge is 0.460 e. The highest BCUT2D eigenvalue weighted by molar-refractivity contribution is 7.85. The van der Waals surface area contributed by atoms with Gasteiger partial charge < -0.3 is 9.47 Å². The zero-order chi connectivity index (χ0) is 20.3. The average Bonchev–Trinajstić information content (AvgIpc) is 2.56. The van der Waals surface area contributed by atoms with Crippen molar-refractivity contribution in [2.45, 2.75) is 58.5 Å². The first-order chi connectivity index (χ1) is 12.7. The van der Waals surface area contributed by atoms with Crippen molar-refractivity contribution in [3.63, 3.8) is 0 Å². The van der Waals surface area contributed by atoms with E-state index in [-0.39, 0.29) is 12.5 Å². The summed E-state index contributed by atoms with van der Waals surface area (Å²) < 4.78 is 42.8. The number of morpholine rings is 1. The van der Waals surface area contributed by atoms with Gasteiger partial charge in [0.25, 0.3) is 10.1 Å².